The summed E-state index contributed by atoms with van der Waals surface area (Å²) in [5.74, 6) is 0.893. The zero-order valence-corrected chi connectivity index (χ0v) is 12.7. The van der Waals surface area contributed by atoms with Crippen LogP contribution in [0.25, 0.3) is 0 Å². The third-order valence-electron chi connectivity index (χ3n) is 2.67. The summed E-state index contributed by atoms with van der Waals surface area (Å²) >= 11 is 4.80. The SMILES string of the molecule is COc1ccc(C(=O)N(C)CC(N)=S)c(OC)c1OC. The van der Waals surface area contributed by atoms with Crippen LogP contribution >= 0.6 is 12.2 Å². The molecule has 1 aromatic rings. The van der Waals surface area contributed by atoms with Gasteiger partial charge in [0.25, 0.3) is 5.91 Å². The van der Waals surface area contributed by atoms with Gasteiger partial charge in [-0.2, -0.15) is 0 Å². The molecule has 0 spiro atoms. The first-order valence-corrected chi connectivity index (χ1v) is 6.19. The van der Waals surface area contributed by atoms with Crippen molar-refractivity contribution < 1.29 is 19.0 Å². The average Bonchev–Trinajstić information content (AvgIpc) is 2.43. The number of thiocarbonyl (C=S) groups is 1. The molecule has 0 radical (unpaired) electrons. The zero-order valence-electron chi connectivity index (χ0n) is 11.9. The van der Waals surface area contributed by atoms with Crippen molar-refractivity contribution in [3.05, 3.63) is 17.7 Å². The molecule has 0 aliphatic heterocycles. The van der Waals surface area contributed by atoms with E-state index in [4.69, 9.17) is 32.2 Å². The summed E-state index contributed by atoms with van der Waals surface area (Å²) in [6.45, 7) is 0.186. The molecular weight excluding hydrogens is 280 g/mol. The summed E-state index contributed by atoms with van der Waals surface area (Å²) in [5, 5.41) is 0. The number of rotatable bonds is 6. The third kappa shape index (κ3) is 3.30. The van der Waals surface area contributed by atoms with Crippen molar-refractivity contribution in [1.29, 1.82) is 0 Å². The lowest BCUT2D eigenvalue weighted by Crippen LogP contribution is -2.34. The number of nitrogens with two attached hydrogens (primary N) is 1. The predicted octanol–water partition coefficient (Wildman–Crippen LogP) is 1.07. The highest BCUT2D eigenvalue weighted by atomic mass is 32.1. The van der Waals surface area contributed by atoms with Crippen molar-refractivity contribution in [2.75, 3.05) is 34.9 Å². The Hall–Kier alpha value is -2.02. The van der Waals surface area contributed by atoms with Crippen molar-refractivity contribution in [2.24, 2.45) is 5.73 Å². The molecule has 110 valence electrons. The Morgan fingerprint density at radius 2 is 1.80 bits per heavy atom. The minimum atomic E-state index is -0.268. The van der Waals surface area contributed by atoms with E-state index in [2.05, 4.69) is 0 Å². The molecular formula is C13H18N2O4S. The fourth-order valence-corrected chi connectivity index (χ4v) is 1.97. The van der Waals surface area contributed by atoms with E-state index < -0.39 is 0 Å². The molecule has 0 atom stereocenters. The Bertz CT molecular complexity index is 519. The number of carbonyl (C=O) groups is 1. The van der Waals surface area contributed by atoms with Crippen LogP contribution in [-0.2, 0) is 0 Å². The maximum Gasteiger partial charge on any atom is 0.257 e. The van der Waals surface area contributed by atoms with Crippen LogP contribution in [0.3, 0.4) is 0 Å². The molecule has 0 bridgehead atoms. The van der Waals surface area contributed by atoms with E-state index in [0.29, 0.717) is 22.8 Å². The maximum atomic E-state index is 12.4. The smallest absolute Gasteiger partial charge is 0.257 e. The maximum absolute atomic E-state index is 12.4. The second-order valence-electron chi connectivity index (χ2n) is 4.01. The van der Waals surface area contributed by atoms with Crippen molar-refractivity contribution in [2.45, 2.75) is 0 Å². The van der Waals surface area contributed by atoms with E-state index >= 15 is 0 Å². The Labute approximate surface area is 123 Å². The number of hydrogen-bond donors (Lipinski definition) is 1. The number of amides is 1. The number of ether oxygens (including phenoxy) is 3. The molecule has 0 aliphatic rings. The van der Waals surface area contributed by atoms with Gasteiger partial charge in [0.15, 0.2) is 11.5 Å². The first kappa shape index (κ1) is 16.0. The van der Waals surface area contributed by atoms with Crippen LogP contribution in [0.1, 0.15) is 10.4 Å². The lowest BCUT2D eigenvalue weighted by Gasteiger charge is -2.20. The van der Waals surface area contributed by atoms with Crippen molar-refractivity contribution in [3.63, 3.8) is 0 Å². The summed E-state index contributed by atoms with van der Waals surface area (Å²) in [5.41, 5.74) is 5.79. The van der Waals surface area contributed by atoms with Gasteiger partial charge in [-0.3, -0.25) is 4.79 Å². The van der Waals surface area contributed by atoms with Crippen LogP contribution in [0.15, 0.2) is 12.1 Å². The highest BCUT2D eigenvalue weighted by Crippen LogP contribution is 2.40. The van der Waals surface area contributed by atoms with Gasteiger partial charge in [-0.1, -0.05) is 12.2 Å². The number of methoxy groups -OCH3 is 3. The van der Waals surface area contributed by atoms with Crippen LogP contribution in [-0.4, -0.2) is 50.7 Å². The number of hydrogen-bond acceptors (Lipinski definition) is 5. The second-order valence-corrected chi connectivity index (χ2v) is 4.53. The first-order chi connectivity index (χ1) is 9.46. The Kier molecular flexibility index (Phi) is 5.57. The minimum Gasteiger partial charge on any atom is -0.493 e. The lowest BCUT2D eigenvalue weighted by atomic mass is 10.1. The summed E-state index contributed by atoms with van der Waals surface area (Å²) in [6, 6.07) is 3.25. The third-order valence-corrected chi connectivity index (χ3v) is 2.80. The Balaban J connectivity index is 3.24. The fraction of sp³-hybridized carbons (Fsp3) is 0.385. The monoisotopic (exact) mass is 298 g/mol. The molecule has 2 N–H and O–H groups in total. The quantitative estimate of drug-likeness (QED) is 0.792. The average molecular weight is 298 g/mol. The second kappa shape index (κ2) is 6.95. The van der Waals surface area contributed by atoms with E-state index in [9.17, 15) is 4.79 Å². The summed E-state index contributed by atoms with van der Waals surface area (Å²) in [6.07, 6.45) is 0. The molecule has 0 saturated carbocycles. The van der Waals surface area contributed by atoms with Gasteiger partial charge in [-0.05, 0) is 12.1 Å². The van der Waals surface area contributed by atoms with Crippen LogP contribution in [0, 0.1) is 0 Å². The van der Waals surface area contributed by atoms with Crippen molar-refractivity contribution >= 4 is 23.1 Å². The van der Waals surface area contributed by atoms with Gasteiger partial charge < -0.3 is 24.8 Å². The standard InChI is InChI=1S/C13H18N2O4S/c1-15(7-10(14)20)13(16)8-5-6-9(17-2)12(19-4)11(8)18-3/h5-6H,7H2,1-4H3,(H2,14,20). The van der Waals surface area contributed by atoms with E-state index in [1.807, 2.05) is 0 Å². The van der Waals surface area contributed by atoms with Crippen LogP contribution in [0.4, 0.5) is 0 Å². The summed E-state index contributed by atoms with van der Waals surface area (Å²) in [4.78, 5) is 14.0. The van der Waals surface area contributed by atoms with Crippen molar-refractivity contribution in [3.8, 4) is 17.2 Å². The largest absolute Gasteiger partial charge is 0.493 e. The molecule has 0 saturated heterocycles. The van der Waals surface area contributed by atoms with Gasteiger partial charge in [-0.25, -0.2) is 0 Å². The molecule has 1 amide bonds. The number of benzene rings is 1. The molecule has 1 aromatic carbocycles. The number of likely N-dealkylation sites (N-methyl/N-ethyl adjacent to an activating group) is 1. The molecule has 0 unspecified atom stereocenters. The molecule has 0 fully saturated rings. The van der Waals surface area contributed by atoms with Gasteiger partial charge in [0.1, 0.15) is 0 Å². The van der Waals surface area contributed by atoms with Crippen LogP contribution in [0.5, 0.6) is 17.2 Å². The van der Waals surface area contributed by atoms with Gasteiger partial charge in [0, 0.05) is 7.05 Å². The normalized spacial score (nSPS) is 9.80. The van der Waals surface area contributed by atoms with Crippen LogP contribution < -0.4 is 19.9 Å². The van der Waals surface area contributed by atoms with Gasteiger partial charge >= 0.3 is 0 Å². The zero-order chi connectivity index (χ0) is 15.3. The molecule has 0 heterocycles. The summed E-state index contributed by atoms with van der Waals surface area (Å²) < 4.78 is 15.7. The number of nitrogens with zero attached hydrogens (tertiary/aromatic N) is 1. The Morgan fingerprint density at radius 3 is 2.25 bits per heavy atom. The van der Waals surface area contributed by atoms with Gasteiger partial charge in [0.05, 0.1) is 38.4 Å². The highest BCUT2D eigenvalue weighted by molar-refractivity contribution is 7.80. The molecule has 7 heteroatoms. The molecule has 0 aromatic heterocycles. The van der Waals surface area contributed by atoms with E-state index in [-0.39, 0.29) is 17.4 Å². The molecule has 1 rings (SSSR count). The molecule has 6 nitrogen and oxygen atoms in total. The number of carbonyl (C=O) groups excluding carboxylic acids is 1. The molecule has 0 aliphatic carbocycles. The van der Waals surface area contributed by atoms with Gasteiger partial charge in [0.2, 0.25) is 5.75 Å². The fourth-order valence-electron chi connectivity index (χ4n) is 1.78. The summed E-state index contributed by atoms with van der Waals surface area (Å²) in [7, 11) is 6.06. The van der Waals surface area contributed by atoms with Crippen molar-refractivity contribution in [1.82, 2.24) is 4.90 Å². The van der Waals surface area contributed by atoms with E-state index in [1.54, 1.807) is 19.2 Å². The Morgan fingerprint density at radius 1 is 1.20 bits per heavy atom. The van der Waals surface area contributed by atoms with E-state index in [1.165, 1.54) is 26.2 Å². The molecule has 20 heavy (non-hydrogen) atoms. The lowest BCUT2D eigenvalue weighted by molar-refractivity contribution is 0.0811. The van der Waals surface area contributed by atoms with Crippen LogP contribution in [0.2, 0.25) is 0 Å². The minimum absolute atomic E-state index is 0.186. The highest BCUT2D eigenvalue weighted by Gasteiger charge is 2.23. The first-order valence-electron chi connectivity index (χ1n) is 5.79. The van der Waals surface area contributed by atoms with E-state index in [0.717, 1.165) is 0 Å². The topological polar surface area (TPSA) is 74.0 Å². The predicted molar refractivity (Wildman–Crippen MR) is 79.8 cm³/mol. The van der Waals surface area contributed by atoms with Gasteiger partial charge in [-0.15, -0.1) is 0 Å².